The highest BCUT2D eigenvalue weighted by atomic mass is 16.6. The molecule has 29 heavy (non-hydrogen) atoms. The second-order valence-corrected chi connectivity index (χ2v) is 8.01. The van der Waals surface area contributed by atoms with Gasteiger partial charge in [-0.2, -0.15) is 0 Å². The minimum absolute atomic E-state index is 0.0379. The van der Waals surface area contributed by atoms with Crippen molar-refractivity contribution in [2.75, 3.05) is 13.7 Å². The Morgan fingerprint density at radius 1 is 1.14 bits per heavy atom. The molecule has 2 saturated heterocycles. The summed E-state index contributed by atoms with van der Waals surface area (Å²) in [6.07, 6.45) is -0.889. The van der Waals surface area contributed by atoms with Crippen LogP contribution < -0.4 is 0 Å². The van der Waals surface area contributed by atoms with Gasteiger partial charge in [0.25, 0.3) is 5.54 Å². The molecule has 4 rings (SSSR count). The Labute approximate surface area is 169 Å². The largest absolute Gasteiger partial charge is 0.467 e. The van der Waals surface area contributed by atoms with E-state index in [0.29, 0.717) is 0 Å². The molecule has 7 heteroatoms. The fourth-order valence-corrected chi connectivity index (χ4v) is 5.53. The molecule has 1 N–H and O–H groups in total. The lowest BCUT2D eigenvalue weighted by Crippen LogP contribution is -2.64. The third-order valence-corrected chi connectivity index (χ3v) is 6.73. The molecule has 2 aliphatic heterocycles. The monoisotopic (exact) mass is 396 g/mol. The molecule has 2 fully saturated rings. The Morgan fingerprint density at radius 2 is 1.69 bits per heavy atom. The lowest BCUT2D eigenvalue weighted by Gasteiger charge is -2.36. The summed E-state index contributed by atoms with van der Waals surface area (Å²) in [4.78, 5) is 27.3. The number of hydrogen-bond donors (Lipinski definition) is 1. The fourth-order valence-electron chi connectivity index (χ4n) is 5.53. The van der Waals surface area contributed by atoms with Crippen LogP contribution in [-0.4, -0.2) is 51.7 Å². The van der Waals surface area contributed by atoms with E-state index in [-0.39, 0.29) is 17.9 Å². The number of rotatable bonds is 4. The molecule has 2 aliphatic rings. The smallest absolute Gasteiger partial charge is 0.333 e. The number of benzene rings is 2. The van der Waals surface area contributed by atoms with Crippen LogP contribution in [-0.2, 0) is 9.53 Å². The maximum absolute atomic E-state index is 13.2. The summed E-state index contributed by atoms with van der Waals surface area (Å²) in [5, 5.41) is 23.2. The number of carbonyl (C=O) groups is 1. The number of β-amino-alcohol motifs (C(OH)–C–C–N with tert-alkyl or cyclic N) is 1. The van der Waals surface area contributed by atoms with Crippen molar-refractivity contribution in [1.82, 2.24) is 4.90 Å². The van der Waals surface area contributed by atoms with E-state index in [2.05, 4.69) is 0 Å². The van der Waals surface area contributed by atoms with Gasteiger partial charge in [0, 0.05) is 24.8 Å². The minimum atomic E-state index is -1.70. The summed E-state index contributed by atoms with van der Waals surface area (Å²) >= 11 is 0. The normalized spacial score (nSPS) is 34.0. The van der Waals surface area contributed by atoms with Crippen LogP contribution in [0.2, 0.25) is 0 Å². The van der Waals surface area contributed by atoms with Gasteiger partial charge in [-0.05, 0) is 11.1 Å². The number of nitrogens with zero attached hydrogens (tertiary/aromatic N) is 2. The molecule has 5 atom stereocenters. The number of fused-ring (bicyclic) bond motifs is 1. The number of nitro groups is 1. The summed E-state index contributed by atoms with van der Waals surface area (Å²) in [5.74, 6) is -1.28. The molecule has 0 unspecified atom stereocenters. The van der Waals surface area contributed by atoms with Crippen molar-refractivity contribution in [2.45, 2.75) is 42.5 Å². The maximum Gasteiger partial charge on any atom is 0.333 e. The molecule has 7 nitrogen and oxygen atoms in total. The Bertz CT molecular complexity index is 921. The van der Waals surface area contributed by atoms with E-state index in [1.807, 2.05) is 60.7 Å². The lowest BCUT2D eigenvalue weighted by molar-refractivity contribution is -0.577. The highest BCUT2D eigenvalue weighted by Crippen LogP contribution is 2.62. The van der Waals surface area contributed by atoms with Crippen molar-refractivity contribution in [3.63, 3.8) is 0 Å². The second kappa shape index (κ2) is 6.93. The van der Waals surface area contributed by atoms with Crippen LogP contribution in [0.1, 0.15) is 36.4 Å². The Balaban J connectivity index is 2.04. The van der Waals surface area contributed by atoms with Gasteiger partial charge in [-0.1, -0.05) is 60.7 Å². The zero-order valence-corrected chi connectivity index (χ0v) is 16.4. The highest BCUT2D eigenvalue weighted by molar-refractivity contribution is 5.85. The lowest BCUT2D eigenvalue weighted by atomic mass is 9.68. The quantitative estimate of drug-likeness (QED) is 0.485. The van der Waals surface area contributed by atoms with E-state index in [0.717, 1.165) is 11.1 Å². The van der Waals surface area contributed by atoms with Crippen molar-refractivity contribution < 1.29 is 19.6 Å². The van der Waals surface area contributed by atoms with E-state index in [4.69, 9.17) is 4.74 Å². The zero-order valence-electron chi connectivity index (χ0n) is 16.4. The Morgan fingerprint density at radius 3 is 2.21 bits per heavy atom. The molecule has 0 aromatic heterocycles. The van der Waals surface area contributed by atoms with Gasteiger partial charge in [0.05, 0.1) is 25.2 Å². The summed E-state index contributed by atoms with van der Waals surface area (Å²) in [6, 6.07) is 18.3. The first-order valence-electron chi connectivity index (χ1n) is 9.65. The first-order valence-corrected chi connectivity index (χ1v) is 9.65. The van der Waals surface area contributed by atoms with E-state index < -0.39 is 35.1 Å². The van der Waals surface area contributed by atoms with Gasteiger partial charge >= 0.3 is 5.97 Å². The van der Waals surface area contributed by atoms with E-state index in [1.165, 1.54) is 14.0 Å². The molecule has 0 bridgehead atoms. The molecule has 0 amide bonds. The van der Waals surface area contributed by atoms with Gasteiger partial charge in [0.1, 0.15) is 0 Å². The number of methoxy groups -OCH3 is 1. The fraction of sp³-hybridized carbons (Fsp3) is 0.409. The van der Waals surface area contributed by atoms with Crippen LogP contribution in [0.25, 0.3) is 0 Å². The number of aliphatic hydroxyl groups excluding tert-OH is 1. The van der Waals surface area contributed by atoms with Gasteiger partial charge in [0.15, 0.2) is 5.54 Å². The van der Waals surface area contributed by atoms with Crippen LogP contribution in [0, 0.1) is 10.1 Å². The van der Waals surface area contributed by atoms with Crippen molar-refractivity contribution in [2.24, 2.45) is 0 Å². The van der Waals surface area contributed by atoms with E-state index in [9.17, 15) is 20.0 Å². The van der Waals surface area contributed by atoms with Gasteiger partial charge in [0.2, 0.25) is 0 Å². The van der Waals surface area contributed by atoms with Crippen molar-refractivity contribution in [3.8, 4) is 0 Å². The van der Waals surface area contributed by atoms with E-state index >= 15 is 0 Å². The molecular weight excluding hydrogens is 372 g/mol. The minimum Gasteiger partial charge on any atom is -0.467 e. The number of ether oxygens (including phenoxy) is 1. The van der Waals surface area contributed by atoms with Crippen LogP contribution in [0.4, 0.5) is 0 Å². The third-order valence-electron chi connectivity index (χ3n) is 6.73. The van der Waals surface area contributed by atoms with Gasteiger partial charge in [-0.3, -0.25) is 15.0 Å². The number of carbonyl (C=O) groups excluding carboxylic acids is 1. The highest BCUT2D eigenvalue weighted by Gasteiger charge is 2.80. The molecular formula is C22H24N2O5. The first kappa shape index (κ1) is 19.5. The van der Waals surface area contributed by atoms with Crippen LogP contribution in [0.3, 0.4) is 0 Å². The van der Waals surface area contributed by atoms with Crippen LogP contribution >= 0.6 is 0 Å². The number of aliphatic hydroxyl groups is 1. The molecule has 152 valence electrons. The average Bonchev–Trinajstić information content (AvgIpc) is 3.19. The standard InChI is InChI=1S/C22H24N2O5/c1-21(24(27)28)18(15-9-5-3-6-10-15)19(16-11-7-4-8-12-16)23-14-17(25)13-22(21,23)20(26)29-2/h3-12,17-19,25H,13-14H2,1-2H3/t17-,18-,19-,21+,22-/m1/s1. The zero-order chi connectivity index (χ0) is 20.8. The maximum atomic E-state index is 13.2. The molecule has 2 aromatic carbocycles. The summed E-state index contributed by atoms with van der Waals surface area (Å²) in [5.41, 5.74) is -1.60. The molecule has 0 radical (unpaired) electrons. The third kappa shape index (κ3) is 2.54. The Hall–Kier alpha value is -2.77. The predicted octanol–water partition coefficient (Wildman–Crippen LogP) is 2.54. The summed E-state index contributed by atoms with van der Waals surface area (Å²) < 4.78 is 5.11. The van der Waals surface area contributed by atoms with Crippen LogP contribution in [0.5, 0.6) is 0 Å². The first-order chi connectivity index (χ1) is 13.9. The van der Waals surface area contributed by atoms with Crippen molar-refractivity contribution in [3.05, 3.63) is 81.9 Å². The van der Waals surface area contributed by atoms with Crippen LogP contribution in [0.15, 0.2) is 60.7 Å². The molecule has 0 saturated carbocycles. The van der Waals surface area contributed by atoms with Crippen molar-refractivity contribution >= 4 is 5.97 Å². The number of hydrogen-bond acceptors (Lipinski definition) is 6. The van der Waals surface area contributed by atoms with E-state index in [1.54, 1.807) is 4.90 Å². The average molecular weight is 396 g/mol. The summed E-state index contributed by atoms with van der Waals surface area (Å²) in [7, 11) is 1.24. The Kier molecular flexibility index (Phi) is 4.67. The molecule has 0 aliphatic carbocycles. The molecule has 2 heterocycles. The SMILES string of the molecule is COC(=O)[C@@]12C[C@@H](O)CN1[C@H](c1ccccc1)[C@@H](c1ccccc1)[C@]2(C)[N+](=O)[O-]. The van der Waals surface area contributed by atoms with Gasteiger partial charge in [-0.15, -0.1) is 0 Å². The van der Waals surface area contributed by atoms with Gasteiger partial charge < -0.3 is 9.84 Å². The van der Waals surface area contributed by atoms with Gasteiger partial charge in [-0.25, -0.2) is 4.79 Å². The second-order valence-electron chi connectivity index (χ2n) is 8.01. The molecule has 0 spiro atoms. The summed E-state index contributed by atoms with van der Waals surface area (Å²) in [6.45, 7) is 1.69. The van der Waals surface area contributed by atoms with Crippen molar-refractivity contribution in [1.29, 1.82) is 0 Å². The number of esters is 1. The topological polar surface area (TPSA) is 92.9 Å². The predicted molar refractivity (Wildman–Crippen MR) is 106 cm³/mol. The molecule has 2 aromatic rings.